The lowest BCUT2D eigenvalue weighted by atomic mass is 9.93. The molecule has 5 nitrogen and oxygen atoms in total. The van der Waals surface area contributed by atoms with E-state index in [9.17, 15) is 23.5 Å². The Bertz CT molecular complexity index is 1250. The van der Waals surface area contributed by atoms with E-state index in [4.69, 9.17) is 4.74 Å². The SMILES string of the molecule is Cc1cc(C)cc(C(CC(C)C)NC(=O)c2cc(OCc3cccc(F)c3F)ccc2CCC(=O)O)c1. The Kier molecular flexibility index (Phi) is 9.39. The Balaban J connectivity index is 1.90. The summed E-state index contributed by atoms with van der Waals surface area (Å²) in [6.45, 7) is 7.96. The van der Waals surface area contributed by atoms with E-state index >= 15 is 0 Å². The molecule has 0 fully saturated rings. The van der Waals surface area contributed by atoms with E-state index in [2.05, 4.69) is 37.4 Å². The van der Waals surface area contributed by atoms with Gasteiger partial charge in [0.15, 0.2) is 11.6 Å². The molecule has 0 radical (unpaired) electrons. The van der Waals surface area contributed by atoms with Gasteiger partial charge in [-0.3, -0.25) is 9.59 Å². The summed E-state index contributed by atoms with van der Waals surface area (Å²) < 4.78 is 33.3. The van der Waals surface area contributed by atoms with Crippen LogP contribution in [0.1, 0.15) is 70.9 Å². The highest BCUT2D eigenvalue weighted by Crippen LogP contribution is 2.26. The van der Waals surface area contributed by atoms with Crippen LogP contribution in [0.3, 0.4) is 0 Å². The second-order valence-electron chi connectivity index (χ2n) is 9.79. The fourth-order valence-electron chi connectivity index (χ4n) is 4.33. The van der Waals surface area contributed by atoms with Gasteiger partial charge >= 0.3 is 5.97 Å². The van der Waals surface area contributed by atoms with E-state index in [-0.39, 0.29) is 42.5 Å². The number of carboxylic acids is 1. The number of carbonyl (C=O) groups is 2. The van der Waals surface area contributed by atoms with E-state index in [1.807, 2.05) is 13.8 Å². The first kappa shape index (κ1) is 27.8. The second-order valence-corrected chi connectivity index (χ2v) is 9.79. The number of benzene rings is 3. The number of carbonyl (C=O) groups excluding carboxylic acids is 1. The van der Waals surface area contributed by atoms with Gasteiger partial charge in [0.2, 0.25) is 0 Å². The molecule has 0 heterocycles. The number of rotatable bonds is 11. The molecule has 3 aromatic rings. The lowest BCUT2D eigenvalue weighted by molar-refractivity contribution is -0.136. The van der Waals surface area contributed by atoms with Gasteiger partial charge in [-0.1, -0.05) is 61.4 Å². The van der Waals surface area contributed by atoms with Crippen molar-refractivity contribution in [2.75, 3.05) is 0 Å². The minimum Gasteiger partial charge on any atom is -0.489 e. The van der Waals surface area contributed by atoms with Crippen molar-refractivity contribution in [1.82, 2.24) is 5.32 Å². The van der Waals surface area contributed by atoms with Gasteiger partial charge in [-0.25, -0.2) is 8.78 Å². The van der Waals surface area contributed by atoms with Crippen molar-refractivity contribution in [1.29, 1.82) is 0 Å². The van der Waals surface area contributed by atoms with E-state index in [0.29, 0.717) is 23.7 Å². The van der Waals surface area contributed by atoms with Crippen molar-refractivity contribution in [3.05, 3.63) is 99.6 Å². The molecule has 1 atom stereocenters. The predicted molar refractivity (Wildman–Crippen MR) is 139 cm³/mol. The summed E-state index contributed by atoms with van der Waals surface area (Å²) >= 11 is 0. The van der Waals surface area contributed by atoms with Crippen LogP contribution in [0.4, 0.5) is 8.78 Å². The molecule has 0 aliphatic heterocycles. The number of hydrogen-bond donors (Lipinski definition) is 2. The topological polar surface area (TPSA) is 75.6 Å². The third-order valence-corrected chi connectivity index (χ3v) is 6.02. The molecular formula is C30H33F2NO4. The third kappa shape index (κ3) is 7.87. The molecule has 37 heavy (non-hydrogen) atoms. The number of ether oxygens (including phenoxy) is 1. The smallest absolute Gasteiger partial charge is 0.303 e. The lowest BCUT2D eigenvalue weighted by Crippen LogP contribution is -2.30. The van der Waals surface area contributed by atoms with Gasteiger partial charge in [-0.05, 0) is 61.9 Å². The number of nitrogens with one attached hydrogen (secondary N) is 1. The molecule has 0 saturated carbocycles. The predicted octanol–water partition coefficient (Wildman–Crippen LogP) is 6.70. The Morgan fingerprint density at radius 3 is 2.32 bits per heavy atom. The Morgan fingerprint density at radius 1 is 0.973 bits per heavy atom. The molecule has 196 valence electrons. The highest BCUT2D eigenvalue weighted by Gasteiger charge is 2.21. The van der Waals surface area contributed by atoms with Crippen molar-refractivity contribution in [3.8, 4) is 5.75 Å². The highest BCUT2D eigenvalue weighted by atomic mass is 19.2. The number of amides is 1. The number of hydrogen-bond acceptors (Lipinski definition) is 3. The molecule has 0 aliphatic carbocycles. The molecule has 7 heteroatoms. The van der Waals surface area contributed by atoms with Crippen LogP contribution in [-0.2, 0) is 17.8 Å². The summed E-state index contributed by atoms with van der Waals surface area (Å²) in [6.07, 6.45) is 0.741. The molecule has 1 unspecified atom stereocenters. The molecule has 0 aliphatic rings. The zero-order valence-corrected chi connectivity index (χ0v) is 21.6. The molecular weight excluding hydrogens is 476 g/mol. The zero-order valence-electron chi connectivity index (χ0n) is 21.6. The van der Waals surface area contributed by atoms with Crippen molar-refractivity contribution >= 4 is 11.9 Å². The second kappa shape index (κ2) is 12.5. The fourth-order valence-corrected chi connectivity index (χ4v) is 4.33. The summed E-state index contributed by atoms with van der Waals surface area (Å²) in [4.78, 5) is 24.7. The molecule has 1 amide bonds. The van der Waals surface area contributed by atoms with E-state index in [0.717, 1.165) is 22.8 Å². The average molecular weight is 510 g/mol. The summed E-state index contributed by atoms with van der Waals surface area (Å²) in [5, 5.41) is 12.3. The molecule has 0 spiro atoms. The fraction of sp³-hybridized carbons (Fsp3) is 0.333. The quantitative estimate of drug-likeness (QED) is 0.302. The largest absolute Gasteiger partial charge is 0.489 e. The van der Waals surface area contributed by atoms with Crippen LogP contribution in [0.15, 0.2) is 54.6 Å². The first-order chi connectivity index (χ1) is 17.5. The number of halogens is 2. The molecule has 2 N–H and O–H groups in total. The number of carboxylic acid groups (broad SMARTS) is 1. The van der Waals surface area contributed by atoms with Gasteiger partial charge < -0.3 is 15.2 Å². The Hall–Kier alpha value is -3.74. The number of aryl methyl sites for hydroxylation is 3. The van der Waals surface area contributed by atoms with Crippen LogP contribution in [0, 0.1) is 31.4 Å². The van der Waals surface area contributed by atoms with Crippen molar-refractivity contribution in [2.45, 2.75) is 59.6 Å². The van der Waals surface area contributed by atoms with Gasteiger partial charge in [-0.15, -0.1) is 0 Å². The van der Waals surface area contributed by atoms with Gasteiger partial charge in [0, 0.05) is 17.5 Å². The van der Waals surface area contributed by atoms with Gasteiger partial charge in [-0.2, -0.15) is 0 Å². The maximum atomic E-state index is 14.0. The average Bonchev–Trinajstić information content (AvgIpc) is 2.82. The normalized spacial score (nSPS) is 11.9. The standard InChI is InChI=1S/C30H33F2NO4/c1-18(2)12-27(23-14-19(3)13-20(4)15-23)33-30(36)25-16-24(10-8-21(25)9-11-28(34)35)37-17-22-6-5-7-26(31)29(22)32/h5-8,10,13-16,18,27H,9,11-12,17H2,1-4H3,(H,33,36)(H,34,35). The van der Waals surface area contributed by atoms with Crippen molar-refractivity contribution < 1.29 is 28.2 Å². The zero-order chi connectivity index (χ0) is 27.1. The monoisotopic (exact) mass is 509 g/mol. The summed E-state index contributed by atoms with van der Waals surface area (Å²) in [5.41, 5.74) is 4.10. The molecule has 3 rings (SSSR count). The van der Waals surface area contributed by atoms with Crippen molar-refractivity contribution in [3.63, 3.8) is 0 Å². The summed E-state index contributed by atoms with van der Waals surface area (Å²) in [5.74, 6) is -2.67. The van der Waals surface area contributed by atoms with E-state index < -0.39 is 17.6 Å². The summed E-state index contributed by atoms with van der Waals surface area (Å²) in [7, 11) is 0. The van der Waals surface area contributed by atoms with Crippen molar-refractivity contribution in [2.24, 2.45) is 5.92 Å². The maximum Gasteiger partial charge on any atom is 0.303 e. The van der Waals surface area contributed by atoms with Crippen LogP contribution in [0.5, 0.6) is 5.75 Å². The van der Waals surface area contributed by atoms with Gasteiger partial charge in [0.25, 0.3) is 5.91 Å². The van der Waals surface area contributed by atoms with E-state index in [1.165, 1.54) is 18.2 Å². The van der Waals surface area contributed by atoms with Crippen LogP contribution < -0.4 is 10.1 Å². The minimum absolute atomic E-state index is 0.0489. The Labute approximate surface area is 216 Å². The first-order valence-corrected chi connectivity index (χ1v) is 12.3. The molecule has 0 bridgehead atoms. The first-order valence-electron chi connectivity index (χ1n) is 12.3. The van der Waals surface area contributed by atoms with Gasteiger partial charge in [0.05, 0.1) is 6.04 Å². The molecule has 3 aromatic carbocycles. The lowest BCUT2D eigenvalue weighted by Gasteiger charge is -2.23. The maximum absolute atomic E-state index is 14.0. The summed E-state index contributed by atoms with van der Waals surface area (Å²) in [6, 6.07) is 14.6. The third-order valence-electron chi connectivity index (χ3n) is 6.02. The van der Waals surface area contributed by atoms with Crippen LogP contribution in [0.25, 0.3) is 0 Å². The minimum atomic E-state index is -0.983. The van der Waals surface area contributed by atoms with Crippen LogP contribution >= 0.6 is 0 Å². The Morgan fingerprint density at radius 2 is 1.68 bits per heavy atom. The van der Waals surface area contributed by atoms with Crippen LogP contribution in [0.2, 0.25) is 0 Å². The number of aliphatic carboxylic acids is 1. The van der Waals surface area contributed by atoms with Gasteiger partial charge in [0.1, 0.15) is 12.4 Å². The molecule has 0 saturated heterocycles. The van der Waals surface area contributed by atoms with E-state index in [1.54, 1.807) is 12.1 Å². The molecule has 0 aromatic heterocycles. The van der Waals surface area contributed by atoms with Crippen LogP contribution in [-0.4, -0.2) is 17.0 Å². The highest BCUT2D eigenvalue weighted by molar-refractivity contribution is 5.96.